The molecular formula is C12H19N3O2. The average Bonchev–Trinajstić information content (AvgIpc) is 2.30. The summed E-state index contributed by atoms with van der Waals surface area (Å²) in [4.78, 5) is 15.2. The van der Waals surface area contributed by atoms with Crippen LogP contribution >= 0.6 is 0 Å². The van der Waals surface area contributed by atoms with Crippen molar-refractivity contribution >= 4 is 11.7 Å². The van der Waals surface area contributed by atoms with Crippen LogP contribution in [0.1, 0.15) is 18.9 Å². The monoisotopic (exact) mass is 237 g/mol. The van der Waals surface area contributed by atoms with Crippen molar-refractivity contribution in [3.8, 4) is 0 Å². The Hall–Kier alpha value is -1.62. The second-order valence-corrected chi connectivity index (χ2v) is 3.97. The molecule has 0 radical (unpaired) electrons. The highest BCUT2D eigenvalue weighted by Gasteiger charge is 2.06. The van der Waals surface area contributed by atoms with Gasteiger partial charge in [0, 0.05) is 19.3 Å². The van der Waals surface area contributed by atoms with Crippen LogP contribution in [-0.2, 0) is 4.79 Å². The van der Waals surface area contributed by atoms with Crippen LogP contribution in [0.3, 0.4) is 0 Å². The number of amides is 1. The van der Waals surface area contributed by atoms with Gasteiger partial charge < -0.3 is 15.7 Å². The topological polar surface area (TPSA) is 74.2 Å². The van der Waals surface area contributed by atoms with E-state index in [2.05, 4.69) is 15.6 Å². The van der Waals surface area contributed by atoms with Crippen LogP contribution in [0.5, 0.6) is 0 Å². The van der Waals surface area contributed by atoms with Gasteiger partial charge in [0.25, 0.3) is 0 Å². The van der Waals surface area contributed by atoms with Crippen LogP contribution in [0.4, 0.5) is 5.82 Å². The van der Waals surface area contributed by atoms with Crippen molar-refractivity contribution < 1.29 is 9.90 Å². The van der Waals surface area contributed by atoms with E-state index in [0.717, 1.165) is 24.3 Å². The van der Waals surface area contributed by atoms with Gasteiger partial charge in [-0.3, -0.25) is 4.79 Å². The van der Waals surface area contributed by atoms with E-state index in [1.807, 2.05) is 19.1 Å². The van der Waals surface area contributed by atoms with Crippen LogP contribution < -0.4 is 10.6 Å². The summed E-state index contributed by atoms with van der Waals surface area (Å²) >= 11 is 0. The van der Waals surface area contributed by atoms with Gasteiger partial charge >= 0.3 is 0 Å². The number of aliphatic hydroxyl groups excluding tert-OH is 1. The number of aliphatic hydroxyl groups is 1. The molecule has 0 aliphatic rings. The van der Waals surface area contributed by atoms with Crippen molar-refractivity contribution in [3.05, 3.63) is 23.9 Å². The quantitative estimate of drug-likeness (QED) is 0.636. The number of anilines is 1. The zero-order chi connectivity index (χ0) is 12.7. The average molecular weight is 237 g/mol. The van der Waals surface area contributed by atoms with E-state index in [1.54, 1.807) is 6.20 Å². The number of rotatable bonds is 6. The molecule has 0 spiro atoms. The van der Waals surface area contributed by atoms with E-state index in [9.17, 15) is 4.79 Å². The molecule has 1 aromatic heterocycles. The van der Waals surface area contributed by atoms with Crippen LogP contribution in [0.25, 0.3) is 0 Å². The summed E-state index contributed by atoms with van der Waals surface area (Å²) in [5, 5.41) is 14.7. The van der Waals surface area contributed by atoms with Crippen molar-refractivity contribution in [2.24, 2.45) is 0 Å². The number of carbonyl (C=O) groups is 1. The number of aryl methyl sites for hydroxylation is 1. The van der Waals surface area contributed by atoms with Crippen molar-refractivity contribution in [1.82, 2.24) is 10.3 Å². The molecule has 1 heterocycles. The molecule has 5 heteroatoms. The summed E-state index contributed by atoms with van der Waals surface area (Å²) in [5.74, 6) is 0.496. The first-order chi connectivity index (χ1) is 8.09. The Morgan fingerprint density at radius 3 is 2.82 bits per heavy atom. The van der Waals surface area contributed by atoms with Crippen molar-refractivity contribution in [1.29, 1.82) is 0 Å². The van der Waals surface area contributed by atoms with Crippen LogP contribution in [0, 0.1) is 6.92 Å². The summed E-state index contributed by atoms with van der Waals surface area (Å²) in [6.07, 6.45) is 1.65. The van der Waals surface area contributed by atoms with Crippen LogP contribution in [-0.4, -0.2) is 35.2 Å². The normalized spacial score (nSPS) is 11.9. The third kappa shape index (κ3) is 5.31. The third-order valence-corrected chi connectivity index (χ3v) is 2.25. The number of hydrogen-bond donors (Lipinski definition) is 3. The lowest BCUT2D eigenvalue weighted by atomic mass is 10.3. The predicted octanol–water partition coefficient (Wildman–Crippen LogP) is 0.689. The van der Waals surface area contributed by atoms with Gasteiger partial charge in [0.05, 0.1) is 0 Å². The third-order valence-electron chi connectivity index (χ3n) is 2.25. The Kier molecular flexibility index (Phi) is 5.42. The molecular weight excluding hydrogens is 218 g/mol. The van der Waals surface area contributed by atoms with Gasteiger partial charge in [-0.05, 0) is 31.9 Å². The van der Waals surface area contributed by atoms with Gasteiger partial charge in [0.2, 0.25) is 5.91 Å². The highest BCUT2D eigenvalue weighted by atomic mass is 16.3. The maximum Gasteiger partial charge on any atom is 0.248 e. The number of carbonyl (C=O) groups excluding carboxylic acids is 1. The first-order valence-corrected chi connectivity index (χ1v) is 5.72. The standard InChI is InChI=1S/C12H19N3O2/c1-9-4-5-11(15-8-9)13-6-3-7-14-12(17)10(2)16/h4-5,8,10,16H,3,6-7H2,1-2H3,(H,13,15)(H,14,17). The molecule has 3 N–H and O–H groups in total. The maximum atomic E-state index is 11.0. The highest BCUT2D eigenvalue weighted by Crippen LogP contribution is 2.03. The zero-order valence-electron chi connectivity index (χ0n) is 10.2. The molecule has 17 heavy (non-hydrogen) atoms. The SMILES string of the molecule is Cc1ccc(NCCCNC(=O)C(C)O)nc1. The minimum atomic E-state index is -0.943. The predicted molar refractivity (Wildman–Crippen MR) is 66.8 cm³/mol. The fourth-order valence-electron chi connectivity index (χ4n) is 1.24. The maximum absolute atomic E-state index is 11.0. The van der Waals surface area contributed by atoms with E-state index < -0.39 is 6.10 Å². The summed E-state index contributed by atoms with van der Waals surface area (Å²) in [6, 6.07) is 3.91. The first-order valence-electron chi connectivity index (χ1n) is 5.72. The molecule has 0 saturated carbocycles. The zero-order valence-corrected chi connectivity index (χ0v) is 10.2. The number of nitrogens with one attached hydrogen (secondary N) is 2. The van der Waals surface area contributed by atoms with Gasteiger partial charge in [-0.15, -0.1) is 0 Å². The van der Waals surface area contributed by atoms with E-state index in [-0.39, 0.29) is 5.91 Å². The summed E-state index contributed by atoms with van der Waals surface area (Å²) in [5.41, 5.74) is 1.12. The van der Waals surface area contributed by atoms with Gasteiger partial charge in [-0.25, -0.2) is 4.98 Å². The van der Waals surface area contributed by atoms with Gasteiger partial charge in [0.15, 0.2) is 0 Å². The molecule has 0 aliphatic carbocycles. The molecule has 0 aromatic carbocycles. The highest BCUT2D eigenvalue weighted by molar-refractivity contribution is 5.79. The molecule has 94 valence electrons. The number of nitrogens with zero attached hydrogens (tertiary/aromatic N) is 1. The number of pyridine rings is 1. The Bertz CT molecular complexity index is 349. The van der Waals surface area contributed by atoms with E-state index >= 15 is 0 Å². The molecule has 0 saturated heterocycles. The molecule has 1 unspecified atom stereocenters. The lowest BCUT2D eigenvalue weighted by Crippen LogP contribution is -2.33. The fourth-order valence-corrected chi connectivity index (χ4v) is 1.24. The second-order valence-electron chi connectivity index (χ2n) is 3.97. The van der Waals surface area contributed by atoms with E-state index in [1.165, 1.54) is 6.92 Å². The number of aromatic nitrogens is 1. The largest absolute Gasteiger partial charge is 0.384 e. The van der Waals surface area contributed by atoms with Gasteiger partial charge in [-0.1, -0.05) is 6.07 Å². The minimum absolute atomic E-state index is 0.335. The molecule has 0 fully saturated rings. The van der Waals surface area contributed by atoms with E-state index in [4.69, 9.17) is 5.11 Å². The van der Waals surface area contributed by atoms with Crippen molar-refractivity contribution in [2.75, 3.05) is 18.4 Å². The molecule has 0 aliphatic heterocycles. The Morgan fingerprint density at radius 1 is 1.47 bits per heavy atom. The Morgan fingerprint density at radius 2 is 2.24 bits per heavy atom. The summed E-state index contributed by atoms with van der Waals surface area (Å²) in [6.45, 7) is 4.71. The van der Waals surface area contributed by atoms with Crippen molar-refractivity contribution in [2.45, 2.75) is 26.4 Å². The molecule has 5 nitrogen and oxygen atoms in total. The second kappa shape index (κ2) is 6.85. The molecule has 0 bridgehead atoms. The molecule has 1 aromatic rings. The Balaban J connectivity index is 2.12. The fraction of sp³-hybridized carbons (Fsp3) is 0.500. The van der Waals surface area contributed by atoms with Gasteiger partial charge in [0.1, 0.15) is 11.9 Å². The smallest absolute Gasteiger partial charge is 0.248 e. The van der Waals surface area contributed by atoms with Gasteiger partial charge in [-0.2, -0.15) is 0 Å². The van der Waals surface area contributed by atoms with Crippen LogP contribution in [0.2, 0.25) is 0 Å². The first kappa shape index (κ1) is 13.4. The summed E-state index contributed by atoms with van der Waals surface area (Å²) < 4.78 is 0. The molecule has 1 amide bonds. The molecule has 1 atom stereocenters. The lowest BCUT2D eigenvalue weighted by Gasteiger charge is -2.08. The minimum Gasteiger partial charge on any atom is -0.384 e. The summed E-state index contributed by atoms with van der Waals surface area (Å²) in [7, 11) is 0. The van der Waals surface area contributed by atoms with Crippen molar-refractivity contribution in [3.63, 3.8) is 0 Å². The number of hydrogen-bond acceptors (Lipinski definition) is 4. The Labute approximate surface area is 101 Å². The van der Waals surface area contributed by atoms with E-state index in [0.29, 0.717) is 6.54 Å². The van der Waals surface area contributed by atoms with Crippen LogP contribution in [0.15, 0.2) is 18.3 Å². The molecule has 1 rings (SSSR count). The lowest BCUT2D eigenvalue weighted by molar-refractivity contribution is -0.128.